The third-order valence-corrected chi connectivity index (χ3v) is 4.00. The predicted molar refractivity (Wildman–Crippen MR) is 73.5 cm³/mol. The largest absolute Gasteiger partial charge is 0.493 e. The molecule has 1 saturated heterocycles. The van der Waals surface area contributed by atoms with Gasteiger partial charge in [-0.2, -0.15) is 0 Å². The van der Waals surface area contributed by atoms with Gasteiger partial charge in [0.1, 0.15) is 0 Å². The Morgan fingerprint density at radius 1 is 1.22 bits per heavy atom. The van der Waals surface area contributed by atoms with Gasteiger partial charge < -0.3 is 14.8 Å². The van der Waals surface area contributed by atoms with Crippen molar-refractivity contribution in [2.45, 2.75) is 38.1 Å². The summed E-state index contributed by atoms with van der Waals surface area (Å²) in [6.45, 7) is 3.40. The lowest BCUT2D eigenvalue weighted by atomic mass is 9.87. The number of methoxy groups -OCH3 is 2. The fourth-order valence-electron chi connectivity index (χ4n) is 2.83. The molecule has 2 rings (SSSR count). The van der Waals surface area contributed by atoms with E-state index in [4.69, 9.17) is 9.47 Å². The molecule has 1 aromatic carbocycles. The van der Waals surface area contributed by atoms with E-state index in [9.17, 15) is 0 Å². The zero-order valence-electron chi connectivity index (χ0n) is 11.6. The van der Waals surface area contributed by atoms with E-state index in [1.165, 1.54) is 24.8 Å². The van der Waals surface area contributed by atoms with Crippen molar-refractivity contribution in [3.63, 3.8) is 0 Å². The molecule has 1 aliphatic heterocycles. The molecule has 0 radical (unpaired) electrons. The molecule has 1 atom stereocenters. The van der Waals surface area contributed by atoms with E-state index < -0.39 is 0 Å². The maximum Gasteiger partial charge on any atom is 0.160 e. The van der Waals surface area contributed by atoms with Crippen LogP contribution >= 0.6 is 0 Å². The van der Waals surface area contributed by atoms with Crippen LogP contribution in [0.1, 0.15) is 31.7 Å². The van der Waals surface area contributed by atoms with Crippen molar-refractivity contribution in [1.82, 2.24) is 5.32 Å². The maximum atomic E-state index is 5.36. The Balaban J connectivity index is 2.18. The van der Waals surface area contributed by atoms with Gasteiger partial charge in [-0.3, -0.25) is 0 Å². The van der Waals surface area contributed by atoms with E-state index in [1.54, 1.807) is 14.2 Å². The molecular formula is C15H23NO2. The Labute approximate surface area is 109 Å². The minimum Gasteiger partial charge on any atom is -0.493 e. The van der Waals surface area contributed by atoms with Crippen molar-refractivity contribution in [3.8, 4) is 11.5 Å². The molecule has 0 saturated carbocycles. The second-order valence-corrected chi connectivity index (χ2v) is 5.03. The highest BCUT2D eigenvalue weighted by atomic mass is 16.5. The highest BCUT2D eigenvalue weighted by Gasteiger charge is 2.31. The number of ether oxygens (including phenoxy) is 2. The molecular weight excluding hydrogens is 226 g/mol. The summed E-state index contributed by atoms with van der Waals surface area (Å²) in [5, 5.41) is 3.66. The Morgan fingerprint density at radius 3 is 2.56 bits per heavy atom. The van der Waals surface area contributed by atoms with Gasteiger partial charge in [0, 0.05) is 5.54 Å². The molecule has 1 unspecified atom stereocenters. The van der Waals surface area contributed by atoms with Gasteiger partial charge in [-0.15, -0.1) is 0 Å². The number of nitrogens with one attached hydrogen (secondary N) is 1. The molecule has 3 nitrogen and oxygen atoms in total. The summed E-state index contributed by atoms with van der Waals surface area (Å²) in [5.74, 6) is 1.62. The monoisotopic (exact) mass is 249 g/mol. The van der Waals surface area contributed by atoms with Gasteiger partial charge in [0.05, 0.1) is 14.2 Å². The Morgan fingerprint density at radius 2 is 2.00 bits per heavy atom. The van der Waals surface area contributed by atoms with Crippen LogP contribution in [0.15, 0.2) is 18.2 Å². The van der Waals surface area contributed by atoms with Crippen LogP contribution in [-0.4, -0.2) is 26.3 Å². The quantitative estimate of drug-likeness (QED) is 0.870. The minimum absolute atomic E-state index is 0.277. The molecule has 0 spiro atoms. The van der Waals surface area contributed by atoms with Gasteiger partial charge in [0.15, 0.2) is 11.5 Å². The van der Waals surface area contributed by atoms with Gasteiger partial charge in [-0.25, -0.2) is 0 Å². The fraction of sp³-hybridized carbons (Fsp3) is 0.600. The van der Waals surface area contributed by atoms with Gasteiger partial charge in [0.25, 0.3) is 0 Å². The summed E-state index contributed by atoms with van der Waals surface area (Å²) >= 11 is 0. The second-order valence-electron chi connectivity index (χ2n) is 5.03. The highest BCUT2D eigenvalue weighted by Crippen LogP contribution is 2.32. The van der Waals surface area contributed by atoms with E-state index in [1.807, 2.05) is 6.07 Å². The van der Waals surface area contributed by atoms with E-state index in [0.29, 0.717) is 0 Å². The van der Waals surface area contributed by atoms with E-state index >= 15 is 0 Å². The van der Waals surface area contributed by atoms with E-state index in [0.717, 1.165) is 24.5 Å². The maximum absolute atomic E-state index is 5.36. The number of hydrogen-bond donors (Lipinski definition) is 1. The van der Waals surface area contributed by atoms with Crippen LogP contribution < -0.4 is 14.8 Å². The molecule has 18 heavy (non-hydrogen) atoms. The van der Waals surface area contributed by atoms with E-state index in [2.05, 4.69) is 24.4 Å². The molecule has 100 valence electrons. The van der Waals surface area contributed by atoms with Crippen LogP contribution in [-0.2, 0) is 6.42 Å². The second kappa shape index (κ2) is 5.61. The SMILES string of the molecule is CCC1(Cc2ccc(OC)c(OC)c2)CCCN1. The van der Waals surface area contributed by atoms with Gasteiger partial charge in [-0.05, 0) is 49.9 Å². The third-order valence-electron chi connectivity index (χ3n) is 4.00. The van der Waals surface area contributed by atoms with Crippen LogP contribution in [0.4, 0.5) is 0 Å². The topological polar surface area (TPSA) is 30.5 Å². The molecule has 1 aliphatic rings. The molecule has 1 aromatic rings. The number of rotatable bonds is 5. The first-order chi connectivity index (χ1) is 8.73. The van der Waals surface area contributed by atoms with Gasteiger partial charge >= 0.3 is 0 Å². The normalized spacial score (nSPS) is 23.1. The molecule has 0 bridgehead atoms. The van der Waals surface area contributed by atoms with Crippen LogP contribution in [0.5, 0.6) is 11.5 Å². The standard InChI is InChI=1S/C15H23NO2/c1-4-15(8-5-9-16-15)11-12-6-7-13(17-2)14(10-12)18-3/h6-7,10,16H,4-5,8-9,11H2,1-3H3. The van der Waals surface area contributed by atoms with Crippen molar-refractivity contribution >= 4 is 0 Å². The van der Waals surface area contributed by atoms with Crippen molar-refractivity contribution in [3.05, 3.63) is 23.8 Å². The van der Waals surface area contributed by atoms with Crippen molar-refractivity contribution < 1.29 is 9.47 Å². The molecule has 0 aliphatic carbocycles. The Bertz CT molecular complexity index is 397. The molecule has 0 amide bonds. The zero-order chi connectivity index (χ0) is 13.0. The first kappa shape index (κ1) is 13.2. The van der Waals surface area contributed by atoms with E-state index in [-0.39, 0.29) is 5.54 Å². The Hall–Kier alpha value is -1.22. The highest BCUT2D eigenvalue weighted by molar-refractivity contribution is 5.43. The first-order valence-corrected chi connectivity index (χ1v) is 6.69. The summed E-state index contributed by atoms with van der Waals surface area (Å²) in [6.07, 6.45) is 4.77. The van der Waals surface area contributed by atoms with Crippen molar-refractivity contribution in [1.29, 1.82) is 0 Å². The summed E-state index contributed by atoms with van der Waals surface area (Å²) < 4.78 is 10.6. The summed E-state index contributed by atoms with van der Waals surface area (Å²) in [4.78, 5) is 0. The van der Waals surface area contributed by atoms with Crippen LogP contribution in [0.25, 0.3) is 0 Å². The minimum atomic E-state index is 0.277. The zero-order valence-corrected chi connectivity index (χ0v) is 11.6. The lowest BCUT2D eigenvalue weighted by Gasteiger charge is -2.28. The lowest BCUT2D eigenvalue weighted by molar-refractivity contribution is 0.348. The Kier molecular flexibility index (Phi) is 4.12. The van der Waals surface area contributed by atoms with Crippen molar-refractivity contribution in [2.75, 3.05) is 20.8 Å². The fourth-order valence-corrected chi connectivity index (χ4v) is 2.83. The number of benzene rings is 1. The molecule has 1 fully saturated rings. The summed E-state index contributed by atoms with van der Waals surface area (Å²) in [5.41, 5.74) is 1.59. The van der Waals surface area contributed by atoms with Crippen LogP contribution in [0.2, 0.25) is 0 Å². The van der Waals surface area contributed by atoms with Gasteiger partial charge in [0.2, 0.25) is 0 Å². The van der Waals surface area contributed by atoms with Crippen molar-refractivity contribution in [2.24, 2.45) is 0 Å². The third kappa shape index (κ3) is 2.61. The number of hydrogen-bond acceptors (Lipinski definition) is 3. The van der Waals surface area contributed by atoms with Crippen LogP contribution in [0.3, 0.4) is 0 Å². The molecule has 1 heterocycles. The average Bonchev–Trinajstić information content (AvgIpc) is 2.87. The average molecular weight is 249 g/mol. The molecule has 0 aromatic heterocycles. The molecule has 3 heteroatoms. The molecule has 1 N–H and O–H groups in total. The van der Waals surface area contributed by atoms with Crippen LogP contribution in [0, 0.1) is 0 Å². The predicted octanol–water partition coefficient (Wildman–Crippen LogP) is 2.78. The van der Waals surface area contributed by atoms with Gasteiger partial charge in [-0.1, -0.05) is 13.0 Å². The smallest absolute Gasteiger partial charge is 0.160 e. The lowest BCUT2D eigenvalue weighted by Crippen LogP contribution is -2.41. The summed E-state index contributed by atoms with van der Waals surface area (Å²) in [7, 11) is 3.36. The first-order valence-electron chi connectivity index (χ1n) is 6.69. The summed E-state index contributed by atoms with van der Waals surface area (Å²) in [6, 6.07) is 6.22.